The highest BCUT2D eigenvalue weighted by molar-refractivity contribution is 5.59. The van der Waals surface area contributed by atoms with E-state index in [0.29, 0.717) is 0 Å². The van der Waals surface area contributed by atoms with Crippen LogP contribution < -0.4 is 0 Å². The third kappa shape index (κ3) is 0.366. The van der Waals surface area contributed by atoms with E-state index in [1.165, 1.54) is 5.57 Å². The molecule has 0 radical (unpaired) electrons. The van der Waals surface area contributed by atoms with Crippen molar-refractivity contribution < 1.29 is 0 Å². The van der Waals surface area contributed by atoms with Crippen LogP contribution in [0.5, 0.6) is 0 Å². The number of rotatable bonds is 0. The lowest BCUT2D eigenvalue weighted by Crippen LogP contribution is -1.34. The van der Waals surface area contributed by atoms with Gasteiger partial charge in [0.1, 0.15) is 0 Å². The molecule has 0 bridgehead atoms. The first-order valence-corrected chi connectivity index (χ1v) is 1.71. The van der Waals surface area contributed by atoms with Crippen LogP contribution >= 0.6 is 0 Å². The van der Waals surface area contributed by atoms with E-state index in [2.05, 4.69) is 5.87 Å². The summed E-state index contributed by atoms with van der Waals surface area (Å²) in [6, 6.07) is 0. The standard InChI is InChI=1S/C4H5N/c5-3-4-1-2-4/h5H,1-2H2. The van der Waals surface area contributed by atoms with Gasteiger partial charge in [-0.05, 0) is 24.3 Å². The third-order valence-electron chi connectivity index (χ3n) is 0.677. The van der Waals surface area contributed by atoms with Gasteiger partial charge in [0.15, 0.2) is 0 Å². The van der Waals surface area contributed by atoms with Crippen LogP contribution in [0.1, 0.15) is 12.8 Å². The third-order valence-corrected chi connectivity index (χ3v) is 0.677. The maximum atomic E-state index is 6.43. The fourth-order valence-electron chi connectivity index (χ4n) is 0.187. The Morgan fingerprint density at radius 3 is 2.20 bits per heavy atom. The Hall–Kier alpha value is -0.550. The summed E-state index contributed by atoms with van der Waals surface area (Å²) in [4.78, 5) is 0. The van der Waals surface area contributed by atoms with E-state index in [1.807, 2.05) is 0 Å². The van der Waals surface area contributed by atoms with Gasteiger partial charge >= 0.3 is 0 Å². The topological polar surface area (TPSA) is 23.9 Å². The van der Waals surface area contributed by atoms with E-state index in [0.717, 1.165) is 12.8 Å². The molecule has 0 spiro atoms. The van der Waals surface area contributed by atoms with Crippen molar-refractivity contribution in [2.24, 2.45) is 0 Å². The van der Waals surface area contributed by atoms with Crippen LogP contribution in [0.25, 0.3) is 0 Å². The summed E-state index contributed by atoms with van der Waals surface area (Å²) in [6.45, 7) is 0. The van der Waals surface area contributed by atoms with Crippen LogP contribution in [0.4, 0.5) is 0 Å². The zero-order chi connectivity index (χ0) is 3.70. The van der Waals surface area contributed by atoms with Crippen LogP contribution in [0, 0.1) is 5.41 Å². The zero-order valence-corrected chi connectivity index (χ0v) is 2.91. The van der Waals surface area contributed by atoms with Gasteiger partial charge in [0.25, 0.3) is 0 Å². The average molecular weight is 67.1 g/mol. The lowest BCUT2D eigenvalue weighted by atomic mass is 10.7. The molecule has 0 amide bonds. The first-order valence-electron chi connectivity index (χ1n) is 1.71. The summed E-state index contributed by atoms with van der Waals surface area (Å²) in [7, 11) is 0. The van der Waals surface area contributed by atoms with Gasteiger partial charge in [-0.15, -0.1) is 0 Å². The van der Waals surface area contributed by atoms with Crippen molar-refractivity contribution in [1.82, 2.24) is 0 Å². The lowest BCUT2D eigenvalue weighted by Gasteiger charge is -1.39. The minimum absolute atomic E-state index is 1.13. The molecule has 1 rings (SSSR count). The van der Waals surface area contributed by atoms with Gasteiger partial charge in [0.2, 0.25) is 0 Å². The van der Waals surface area contributed by atoms with Crippen LogP contribution in [0.3, 0.4) is 0 Å². The summed E-state index contributed by atoms with van der Waals surface area (Å²) < 4.78 is 0. The Bertz CT molecular complexity index is 81.8. The molecule has 1 aliphatic rings. The predicted octanol–water partition coefficient (Wildman–Crippen LogP) is 0.955. The fraction of sp³-hybridized carbons (Fsp3) is 0.500. The van der Waals surface area contributed by atoms with Crippen LogP contribution in [-0.2, 0) is 0 Å². The number of hydrogen-bond donors (Lipinski definition) is 1. The van der Waals surface area contributed by atoms with Crippen molar-refractivity contribution in [2.75, 3.05) is 0 Å². The van der Waals surface area contributed by atoms with Crippen molar-refractivity contribution in [1.29, 1.82) is 5.41 Å². The Morgan fingerprint density at radius 2 is 2.20 bits per heavy atom. The summed E-state index contributed by atoms with van der Waals surface area (Å²) in [6.07, 6.45) is 2.26. The van der Waals surface area contributed by atoms with Gasteiger partial charge in [-0.2, -0.15) is 0 Å². The molecule has 1 N–H and O–H groups in total. The Labute approximate surface area is 30.8 Å². The van der Waals surface area contributed by atoms with Gasteiger partial charge in [-0.25, -0.2) is 0 Å². The van der Waals surface area contributed by atoms with Crippen LogP contribution in [0.15, 0.2) is 5.57 Å². The quantitative estimate of drug-likeness (QED) is 0.408. The van der Waals surface area contributed by atoms with Gasteiger partial charge in [0, 0.05) is 0 Å². The number of nitrogens with one attached hydrogen (secondary N) is 1. The summed E-state index contributed by atoms with van der Waals surface area (Å²) in [5.74, 6) is 2.31. The Balaban J connectivity index is 2.80. The highest BCUT2D eigenvalue weighted by Crippen LogP contribution is 2.23. The zero-order valence-electron chi connectivity index (χ0n) is 2.91. The highest BCUT2D eigenvalue weighted by Gasteiger charge is 2.08. The lowest BCUT2D eigenvalue weighted by molar-refractivity contribution is 1.50. The molecule has 0 aliphatic heterocycles. The van der Waals surface area contributed by atoms with Crippen LogP contribution in [0.2, 0.25) is 0 Å². The summed E-state index contributed by atoms with van der Waals surface area (Å²) >= 11 is 0. The molecule has 1 fully saturated rings. The molecule has 26 valence electrons. The van der Waals surface area contributed by atoms with E-state index in [-0.39, 0.29) is 0 Å². The molecule has 1 nitrogen and oxygen atoms in total. The van der Waals surface area contributed by atoms with Gasteiger partial charge in [0.05, 0.1) is 0 Å². The molecular weight excluding hydrogens is 62.1 g/mol. The average Bonchev–Trinajstić information content (AvgIpc) is 2.12. The van der Waals surface area contributed by atoms with Gasteiger partial charge < -0.3 is 0 Å². The van der Waals surface area contributed by atoms with E-state index in [1.54, 1.807) is 0 Å². The molecular formula is C4H5N. The minimum atomic E-state index is 1.13. The smallest absolute Gasteiger partial charge is 0.00877 e. The van der Waals surface area contributed by atoms with Gasteiger partial charge in [-0.1, -0.05) is 0 Å². The molecule has 0 aromatic heterocycles. The first kappa shape index (κ1) is 2.67. The predicted molar refractivity (Wildman–Crippen MR) is 20.5 cm³/mol. The Kier molecular flexibility index (Phi) is 0.373. The molecule has 1 aliphatic carbocycles. The SMILES string of the molecule is N=C=C1CC1. The molecule has 1 heteroatoms. The normalized spacial score (nSPS) is 18.0. The second kappa shape index (κ2) is 0.697. The van der Waals surface area contributed by atoms with Crippen molar-refractivity contribution >= 4 is 5.87 Å². The van der Waals surface area contributed by atoms with Crippen molar-refractivity contribution in [2.45, 2.75) is 12.8 Å². The number of hydrogen-bond acceptors (Lipinski definition) is 1. The molecule has 5 heavy (non-hydrogen) atoms. The second-order valence-electron chi connectivity index (χ2n) is 1.23. The highest BCUT2D eigenvalue weighted by atomic mass is 14.3. The summed E-state index contributed by atoms with van der Waals surface area (Å²) in [5.41, 5.74) is 1.17. The molecule has 0 atom stereocenters. The van der Waals surface area contributed by atoms with Gasteiger partial charge in [-0.3, -0.25) is 5.41 Å². The Morgan fingerprint density at radius 1 is 1.60 bits per heavy atom. The maximum Gasteiger partial charge on any atom is -0.00877 e. The van der Waals surface area contributed by atoms with Crippen molar-refractivity contribution in [3.8, 4) is 0 Å². The molecule has 0 aromatic carbocycles. The monoisotopic (exact) mass is 67.0 g/mol. The van der Waals surface area contributed by atoms with E-state index in [4.69, 9.17) is 5.41 Å². The molecule has 0 heterocycles. The minimum Gasteiger partial charge on any atom is -0.259 e. The molecule has 0 unspecified atom stereocenters. The van der Waals surface area contributed by atoms with E-state index < -0.39 is 0 Å². The van der Waals surface area contributed by atoms with Crippen LogP contribution in [-0.4, -0.2) is 5.87 Å². The largest absolute Gasteiger partial charge is 0.259 e. The fourth-order valence-corrected chi connectivity index (χ4v) is 0.187. The summed E-state index contributed by atoms with van der Waals surface area (Å²) in [5, 5.41) is 6.43. The molecule has 1 saturated carbocycles. The molecule has 0 aromatic rings. The second-order valence-corrected chi connectivity index (χ2v) is 1.23. The molecule has 0 saturated heterocycles. The van der Waals surface area contributed by atoms with E-state index >= 15 is 0 Å². The number of allylic oxidation sites excluding steroid dienone is 1. The van der Waals surface area contributed by atoms with Crippen molar-refractivity contribution in [3.63, 3.8) is 0 Å². The van der Waals surface area contributed by atoms with E-state index in [9.17, 15) is 0 Å². The first-order chi connectivity index (χ1) is 2.43. The van der Waals surface area contributed by atoms with Crippen molar-refractivity contribution in [3.05, 3.63) is 5.57 Å². The maximum absolute atomic E-state index is 6.43.